The van der Waals surface area contributed by atoms with E-state index < -0.39 is 29.1 Å². The highest BCUT2D eigenvalue weighted by atomic mass is 32.2. The molecule has 0 saturated heterocycles. The van der Waals surface area contributed by atoms with E-state index >= 15 is 0 Å². The molecule has 0 amide bonds. The van der Waals surface area contributed by atoms with Gasteiger partial charge in [0.25, 0.3) is 0 Å². The molecule has 0 bridgehead atoms. The average molecular weight is 416 g/mol. The van der Waals surface area contributed by atoms with Gasteiger partial charge in [0, 0.05) is 5.56 Å². The van der Waals surface area contributed by atoms with Crippen LogP contribution in [-0.4, -0.2) is 33.3 Å². The summed E-state index contributed by atoms with van der Waals surface area (Å²) in [6, 6.07) is 10.3. The Labute approximate surface area is 171 Å². The van der Waals surface area contributed by atoms with Crippen molar-refractivity contribution in [2.75, 3.05) is 13.2 Å². The van der Waals surface area contributed by atoms with E-state index in [-0.39, 0.29) is 10.7 Å². The molecular weight excluding hydrogens is 390 g/mol. The normalized spacial score (nSPS) is 13.6. The van der Waals surface area contributed by atoms with Gasteiger partial charge >= 0.3 is 5.97 Å². The largest absolute Gasteiger partial charge is 0.456 e. The van der Waals surface area contributed by atoms with Gasteiger partial charge < -0.3 is 4.74 Å². The Kier molecular flexibility index (Phi) is 6.49. The molecule has 6 nitrogen and oxygen atoms in total. The number of nitrogens with one attached hydrogen (secondary N) is 1. The van der Waals surface area contributed by atoms with Gasteiger partial charge in [0.2, 0.25) is 10.0 Å². The van der Waals surface area contributed by atoms with E-state index in [1.54, 1.807) is 18.2 Å². The number of fused-ring (bicyclic) bond motifs is 1. The molecule has 1 aliphatic rings. The lowest BCUT2D eigenvalue weighted by atomic mass is 9.90. The average Bonchev–Trinajstić information content (AvgIpc) is 2.72. The van der Waals surface area contributed by atoms with Crippen LogP contribution < -0.4 is 4.72 Å². The van der Waals surface area contributed by atoms with E-state index in [2.05, 4.69) is 4.72 Å². The molecule has 0 unspecified atom stereocenters. The van der Waals surface area contributed by atoms with Crippen molar-refractivity contribution < 1.29 is 22.7 Å². The van der Waals surface area contributed by atoms with Crippen LogP contribution in [0.25, 0.3) is 0 Å². The van der Waals surface area contributed by atoms with Crippen molar-refractivity contribution in [2.45, 2.75) is 44.4 Å². The molecule has 29 heavy (non-hydrogen) atoms. The van der Waals surface area contributed by atoms with Crippen molar-refractivity contribution in [1.82, 2.24) is 4.72 Å². The third-order valence-electron chi connectivity index (χ3n) is 5.23. The van der Waals surface area contributed by atoms with Gasteiger partial charge in [-0.1, -0.05) is 18.2 Å². The van der Waals surface area contributed by atoms with E-state index in [9.17, 15) is 18.0 Å². The first-order valence-corrected chi connectivity index (χ1v) is 11.1. The molecule has 0 fully saturated rings. The standard InChI is InChI=1S/C22H25NO5S/c1-15-7-10-20(11-16(15)2)29(26,27)23-13-22(25)28-14-21(24)19-9-8-17-5-3-4-6-18(17)12-19/h7-12,23H,3-6,13-14H2,1-2H3. The first-order chi connectivity index (χ1) is 13.8. The second kappa shape index (κ2) is 8.88. The third kappa shape index (κ3) is 5.31. The summed E-state index contributed by atoms with van der Waals surface area (Å²) < 4.78 is 31.8. The Morgan fingerprint density at radius 3 is 2.41 bits per heavy atom. The fraction of sp³-hybridized carbons (Fsp3) is 0.364. The van der Waals surface area contributed by atoms with Crippen LogP contribution in [0, 0.1) is 13.8 Å². The van der Waals surface area contributed by atoms with Crippen molar-refractivity contribution in [3.63, 3.8) is 0 Å². The highest BCUT2D eigenvalue weighted by Crippen LogP contribution is 2.22. The van der Waals surface area contributed by atoms with E-state index in [0.29, 0.717) is 5.56 Å². The zero-order chi connectivity index (χ0) is 21.0. The number of hydrogen-bond acceptors (Lipinski definition) is 5. The van der Waals surface area contributed by atoms with Crippen LogP contribution in [0.15, 0.2) is 41.3 Å². The van der Waals surface area contributed by atoms with Crippen LogP contribution in [-0.2, 0) is 32.4 Å². The minimum Gasteiger partial charge on any atom is -0.456 e. The van der Waals surface area contributed by atoms with E-state index in [1.165, 1.54) is 17.2 Å². The molecule has 0 radical (unpaired) electrons. The molecule has 1 N–H and O–H groups in total. The van der Waals surface area contributed by atoms with Crippen molar-refractivity contribution in [3.8, 4) is 0 Å². The Morgan fingerprint density at radius 2 is 1.69 bits per heavy atom. The van der Waals surface area contributed by atoms with Gasteiger partial charge in [-0.15, -0.1) is 0 Å². The van der Waals surface area contributed by atoms with Gasteiger partial charge in [0.05, 0.1) is 4.90 Å². The molecule has 0 aliphatic heterocycles. The van der Waals surface area contributed by atoms with E-state index in [1.807, 2.05) is 26.0 Å². The first-order valence-electron chi connectivity index (χ1n) is 9.64. The van der Waals surface area contributed by atoms with Gasteiger partial charge in [0.1, 0.15) is 6.54 Å². The second-order valence-electron chi connectivity index (χ2n) is 7.35. The fourth-order valence-corrected chi connectivity index (χ4v) is 4.36. The van der Waals surface area contributed by atoms with Gasteiger partial charge in [-0.2, -0.15) is 4.72 Å². The zero-order valence-electron chi connectivity index (χ0n) is 16.7. The van der Waals surface area contributed by atoms with E-state index in [4.69, 9.17) is 4.74 Å². The summed E-state index contributed by atoms with van der Waals surface area (Å²) in [7, 11) is -3.83. The van der Waals surface area contributed by atoms with Crippen molar-refractivity contribution in [2.24, 2.45) is 0 Å². The number of esters is 1. The summed E-state index contributed by atoms with van der Waals surface area (Å²) in [5.74, 6) is -1.10. The highest BCUT2D eigenvalue weighted by molar-refractivity contribution is 7.89. The van der Waals surface area contributed by atoms with Crippen molar-refractivity contribution >= 4 is 21.8 Å². The molecule has 1 aliphatic carbocycles. The summed E-state index contributed by atoms with van der Waals surface area (Å²) in [5, 5.41) is 0. The monoisotopic (exact) mass is 415 g/mol. The summed E-state index contributed by atoms with van der Waals surface area (Å²) >= 11 is 0. The number of aryl methyl sites for hydroxylation is 4. The number of ether oxygens (including phenoxy) is 1. The van der Waals surface area contributed by atoms with Gasteiger partial charge in [-0.3, -0.25) is 9.59 Å². The molecule has 0 atom stereocenters. The predicted molar refractivity (Wildman–Crippen MR) is 109 cm³/mol. The maximum absolute atomic E-state index is 12.3. The van der Waals surface area contributed by atoms with Crippen LogP contribution in [0.1, 0.15) is 45.5 Å². The summed E-state index contributed by atoms with van der Waals surface area (Å²) in [6.45, 7) is 2.75. The number of carbonyl (C=O) groups excluding carboxylic acids is 2. The Hall–Kier alpha value is -2.51. The molecule has 2 aromatic carbocycles. The van der Waals surface area contributed by atoms with Gasteiger partial charge in [-0.25, -0.2) is 8.42 Å². The lowest BCUT2D eigenvalue weighted by Crippen LogP contribution is -2.31. The summed E-state index contributed by atoms with van der Waals surface area (Å²) in [5.41, 5.74) is 4.77. The number of hydrogen-bond donors (Lipinski definition) is 1. The number of rotatable bonds is 7. The number of sulfonamides is 1. The van der Waals surface area contributed by atoms with Crippen LogP contribution in [0.5, 0.6) is 0 Å². The molecule has 7 heteroatoms. The Bertz CT molecular complexity index is 1040. The van der Waals surface area contributed by atoms with E-state index in [0.717, 1.165) is 36.8 Å². The molecule has 0 aromatic heterocycles. The molecule has 3 rings (SSSR count). The van der Waals surface area contributed by atoms with Crippen LogP contribution in [0.4, 0.5) is 0 Å². The van der Waals surface area contributed by atoms with Crippen molar-refractivity contribution in [3.05, 3.63) is 64.2 Å². The smallest absolute Gasteiger partial charge is 0.321 e. The lowest BCUT2D eigenvalue weighted by molar-refractivity contribution is -0.141. The lowest BCUT2D eigenvalue weighted by Gasteiger charge is -2.16. The Morgan fingerprint density at radius 1 is 0.966 bits per heavy atom. The highest BCUT2D eigenvalue weighted by Gasteiger charge is 2.18. The van der Waals surface area contributed by atoms with Gasteiger partial charge in [0.15, 0.2) is 12.4 Å². The second-order valence-corrected chi connectivity index (χ2v) is 9.11. The number of Topliss-reactive ketones (excluding diaryl/α,β-unsaturated/α-hetero) is 1. The molecule has 0 saturated carbocycles. The molecular formula is C22H25NO5S. The summed E-state index contributed by atoms with van der Waals surface area (Å²) in [6.07, 6.45) is 4.26. The maximum Gasteiger partial charge on any atom is 0.321 e. The van der Waals surface area contributed by atoms with Crippen LogP contribution in [0.2, 0.25) is 0 Å². The maximum atomic E-state index is 12.3. The summed E-state index contributed by atoms with van der Waals surface area (Å²) in [4.78, 5) is 24.3. The first kappa shape index (κ1) is 21.2. The minimum atomic E-state index is -3.83. The third-order valence-corrected chi connectivity index (χ3v) is 6.63. The Balaban J connectivity index is 1.53. The fourth-order valence-electron chi connectivity index (χ4n) is 3.31. The molecule has 2 aromatic rings. The van der Waals surface area contributed by atoms with Gasteiger partial charge in [-0.05, 0) is 80.0 Å². The minimum absolute atomic E-state index is 0.0820. The number of ketones is 1. The SMILES string of the molecule is Cc1ccc(S(=O)(=O)NCC(=O)OCC(=O)c2ccc3c(c2)CCCC3)cc1C. The number of benzene rings is 2. The van der Waals surface area contributed by atoms with Crippen molar-refractivity contribution in [1.29, 1.82) is 0 Å². The molecule has 154 valence electrons. The molecule has 0 heterocycles. The quantitative estimate of drug-likeness (QED) is 0.555. The van der Waals surface area contributed by atoms with Crippen LogP contribution in [0.3, 0.4) is 0 Å². The predicted octanol–water partition coefficient (Wildman–Crippen LogP) is 2.89. The zero-order valence-corrected chi connectivity index (χ0v) is 17.5. The molecule has 0 spiro atoms. The number of carbonyl (C=O) groups is 2. The van der Waals surface area contributed by atoms with Crippen LogP contribution >= 0.6 is 0 Å². The topological polar surface area (TPSA) is 89.5 Å².